The number of methoxy groups -OCH3 is 1. The second kappa shape index (κ2) is 8.22. The van der Waals surface area contributed by atoms with Crippen LogP contribution < -0.4 is 9.47 Å². The molecular weight excluding hydrogens is 260 g/mol. The number of hydrogen-bond acceptors (Lipinski definition) is 5. The highest BCUT2D eigenvalue weighted by Gasteiger charge is 2.14. The van der Waals surface area contributed by atoms with Crippen molar-refractivity contribution in [2.75, 3.05) is 13.7 Å². The summed E-state index contributed by atoms with van der Waals surface area (Å²) in [5.41, 5.74) is 0. The highest BCUT2D eigenvalue weighted by Crippen LogP contribution is 2.19. The van der Waals surface area contributed by atoms with Crippen molar-refractivity contribution in [3.8, 4) is 11.5 Å². The molecule has 0 radical (unpaired) electrons. The van der Waals surface area contributed by atoms with E-state index in [0.717, 1.165) is 0 Å². The van der Waals surface area contributed by atoms with Gasteiger partial charge in [-0.25, -0.2) is 4.79 Å². The number of carbonyl (C=O) groups excluding carboxylic acids is 1. The molecule has 110 valence electrons. The molecule has 1 aromatic rings. The Morgan fingerprint density at radius 3 is 2.40 bits per heavy atom. The first kappa shape index (κ1) is 16.0. The Morgan fingerprint density at radius 2 is 1.90 bits per heavy atom. The van der Waals surface area contributed by atoms with Gasteiger partial charge in [-0.15, -0.1) is 0 Å². The first-order valence-corrected chi connectivity index (χ1v) is 6.40. The van der Waals surface area contributed by atoms with Gasteiger partial charge in [0, 0.05) is 6.08 Å². The summed E-state index contributed by atoms with van der Waals surface area (Å²) in [4.78, 5) is 11.2. The van der Waals surface area contributed by atoms with Gasteiger partial charge in [-0.3, -0.25) is 0 Å². The number of benzene rings is 1. The summed E-state index contributed by atoms with van der Waals surface area (Å²) in [5, 5.41) is 9.66. The van der Waals surface area contributed by atoms with Gasteiger partial charge in [-0.1, -0.05) is 0 Å². The minimum absolute atomic E-state index is 0.307. The van der Waals surface area contributed by atoms with Gasteiger partial charge >= 0.3 is 5.97 Å². The van der Waals surface area contributed by atoms with Crippen LogP contribution in [0.15, 0.2) is 36.4 Å². The number of ether oxygens (including phenoxy) is 3. The third-order valence-electron chi connectivity index (χ3n) is 2.52. The first-order valence-electron chi connectivity index (χ1n) is 6.40. The molecule has 0 saturated heterocycles. The van der Waals surface area contributed by atoms with Crippen LogP contribution >= 0.6 is 0 Å². The summed E-state index contributed by atoms with van der Waals surface area (Å²) in [6.45, 7) is 3.62. The summed E-state index contributed by atoms with van der Waals surface area (Å²) < 4.78 is 15.4. The zero-order valence-corrected chi connectivity index (χ0v) is 11.9. The molecule has 1 rings (SSSR count). The maximum Gasteiger partial charge on any atom is 0.330 e. The average molecular weight is 280 g/mol. The van der Waals surface area contributed by atoms with Crippen LogP contribution in [0, 0.1) is 0 Å². The SMILES string of the molecule is CCOC(=O)/C=C/[C@H](Oc1ccc(OC)cc1)[C@H](C)O. The average Bonchev–Trinajstić information content (AvgIpc) is 2.44. The van der Waals surface area contributed by atoms with E-state index in [9.17, 15) is 9.90 Å². The molecule has 1 N–H and O–H groups in total. The maximum atomic E-state index is 11.2. The molecule has 0 spiro atoms. The van der Waals surface area contributed by atoms with Crippen LogP contribution in [0.4, 0.5) is 0 Å². The fourth-order valence-corrected chi connectivity index (χ4v) is 1.47. The summed E-state index contributed by atoms with van der Waals surface area (Å²) in [6.07, 6.45) is 1.34. The van der Waals surface area contributed by atoms with Crippen molar-refractivity contribution < 1.29 is 24.1 Å². The van der Waals surface area contributed by atoms with Crippen LogP contribution in [-0.2, 0) is 9.53 Å². The lowest BCUT2D eigenvalue weighted by atomic mass is 10.2. The zero-order valence-electron chi connectivity index (χ0n) is 11.9. The molecule has 0 aliphatic rings. The van der Waals surface area contributed by atoms with E-state index in [1.165, 1.54) is 12.2 Å². The van der Waals surface area contributed by atoms with E-state index in [-0.39, 0.29) is 0 Å². The van der Waals surface area contributed by atoms with Gasteiger partial charge in [-0.2, -0.15) is 0 Å². The molecule has 1 aromatic carbocycles. The summed E-state index contributed by atoms with van der Waals surface area (Å²) in [7, 11) is 1.58. The van der Waals surface area contributed by atoms with Crippen LogP contribution in [0.1, 0.15) is 13.8 Å². The van der Waals surface area contributed by atoms with Gasteiger partial charge < -0.3 is 19.3 Å². The largest absolute Gasteiger partial charge is 0.497 e. The molecule has 2 atom stereocenters. The number of esters is 1. The highest BCUT2D eigenvalue weighted by molar-refractivity contribution is 5.81. The summed E-state index contributed by atoms with van der Waals surface area (Å²) in [6, 6.07) is 6.96. The molecule has 0 aliphatic carbocycles. The lowest BCUT2D eigenvalue weighted by molar-refractivity contribution is -0.137. The van der Waals surface area contributed by atoms with Crippen molar-refractivity contribution >= 4 is 5.97 Å². The summed E-state index contributed by atoms with van der Waals surface area (Å²) >= 11 is 0. The smallest absolute Gasteiger partial charge is 0.330 e. The van der Waals surface area contributed by atoms with Gasteiger partial charge in [-0.05, 0) is 44.2 Å². The van der Waals surface area contributed by atoms with Crippen LogP contribution in [-0.4, -0.2) is 37.0 Å². The van der Waals surface area contributed by atoms with Crippen LogP contribution in [0.5, 0.6) is 11.5 Å². The van der Waals surface area contributed by atoms with Crippen LogP contribution in [0.3, 0.4) is 0 Å². The molecule has 0 heterocycles. The Kier molecular flexibility index (Phi) is 6.59. The van der Waals surface area contributed by atoms with E-state index < -0.39 is 18.2 Å². The number of hydrogen-bond donors (Lipinski definition) is 1. The topological polar surface area (TPSA) is 65.0 Å². The first-order chi connectivity index (χ1) is 9.56. The molecular formula is C15H20O5. The van der Waals surface area contributed by atoms with Gasteiger partial charge in [0.05, 0.1) is 19.8 Å². The third kappa shape index (κ3) is 5.32. The van der Waals surface area contributed by atoms with Crippen molar-refractivity contribution in [2.24, 2.45) is 0 Å². The lowest BCUT2D eigenvalue weighted by Gasteiger charge is -2.18. The third-order valence-corrected chi connectivity index (χ3v) is 2.52. The number of carbonyl (C=O) groups is 1. The van der Waals surface area contributed by atoms with Gasteiger partial charge in [0.1, 0.15) is 17.6 Å². The molecule has 0 aromatic heterocycles. The second-order valence-electron chi connectivity index (χ2n) is 4.11. The maximum absolute atomic E-state index is 11.2. The van der Waals surface area contributed by atoms with Crippen molar-refractivity contribution in [1.29, 1.82) is 0 Å². The standard InChI is InChI=1S/C15H20O5/c1-4-19-15(17)10-9-14(11(2)16)20-13-7-5-12(18-3)6-8-13/h5-11,14,16H,4H2,1-3H3/b10-9+/t11-,14-/m0/s1. The molecule has 0 bridgehead atoms. The van der Waals surface area contributed by atoms with Crippen molar-refractivity contribution in [1.82, 2.24) is 0 Å². The number of rotatable bonds is 7. The fraction of sp³-hybridized carbons (Fsp3) is 0.400. The molecule has 0 fully saturated rings. The molecule has 5 nitrogen and oxygen atoms in total. The quantitative estimate of drug-likeness (QED) is 0.611. The Bertz CT molecular complexity index is 436. The zero-order chi connectivity index (χ0) is 15.0. The Balaban J connectivity index is 2.68. The minimum Gasteiger partial charge on any atom is -0.497 e. The molecule has 0 amide bonds. The van der Waals surface area contributed by atoms with E-state index in [0.29, 0.717) is 18.1 Å². The number of aliphatic hydroxyl groups is 1. The normalized spacial score (nSPS) is 13.8. The van der Waals surface area contributed by atoms with E-state index in [1.807, 2.05) is 0 Å². The Hall–Kier alpha value is -2.01. The van der Waals surface area contributed by atoms with Gasteiger partial charge in [0.25, 0.3) is 0 Å². The second-order valence-corrected chi connectivity index (χ2v) is 4.11. The van der Waals surface area contributed by atoms with E-state index >= 15 is 0 Å². The predicted molar refractivity (Wildman–Crippen MR) is 74.9 cm³/mol. The van der Waals surface area contributed by atoms with E-state index in [1.54, 1.807) is 45.2 Å². The number of aliphatic hydroxyl groups excluding tert-OH is 1. The molecule has 0 aliphatic heterocycles. The molecule has 5 heteroatoms. The Labute approximate surface area is 118 Å². The van der Waals surface area contributed by atoms with Gasteiger partial charge in [0.15, 0.2) is 0 Å². The molecule has 0 unspecified atom stereocenters. The predicted octanol–water partition coefficient (Wildman–Crippen LogP) is 1.94. The van der Waals surface area contributed by atoms with Crippen LogP contribution in [0.25, 0.3) is 0 Å². The lowest BCUT2D eigenvalue weighted by Crippen LogP contribution is -2.27. The Morgan fingerprint density at radius 1 is 1.30 bits per heavy atom. The molecule has 20 heavy (non-hydrogen) atoms. The van der Waals surface area contributed by atoms with E-state index in [2.05, 4.69) is 0 Å². The van der Waals surface area contributed by atoms with Crippen molar-refractivity contribution in [3.05, 3.63) is 36.4 Å². The fourth-order valence-electron chi connectivity index (χ4n) is 1.47. The molecule has 0 saturated carbocycles. The summed E-state index contributed by atoms with van der Waals surface area (Å²) in [5.74, 6) is 0.828. The van der Waals surface area contributed by atoms with E-state index in [4.69, 9.17) is 14.2 Å². The van der Waals surface area contributed by atoms with Crippen molar-refractivity contribution in [2.45, 2.75) is 26.1 Å². The van der Waals surface area contributed by atoms with Crippen molar-refractivity contribution in [3.63, 3.8) is 0 Å². The minimum atomic E-state index is -0.761. The monoisotopic (exact) mass is 280 g/mol. The van der Waals surface area contributed by atoms with Gasteiger partial charge in [0.2, 0.25) is 0 Å². The highest BCUT2D eigenvalue weighted by atomic mass is 16.5. The van der Waals surface area contributed by atoms with Crippen LogP contribution in [0.2, 0.25) is 0 Å².